The van der Waals surface area contributed by atoms with E-state index >= 15 is 0 Å². The molecule has 6 heteroatoms. The molecule has 0 aliphatic carbocycles. The molecule has 20 heavy (non-hydrogen) atoms. The Balaban J connectivity index is 1.89. The first-order valence-corrected chi connectivity index (χ1v) is 6.95. The summed E-state index contributed by atoms with van der Waals surface area (Å²) in [7, 11) is 1.87. The Labute approximate surface area is 119 Å². The molecule has 0 aliphatic heterocycles. The van der Waals surface area contributed by atoms with Gasteiger partial charge in [-0.1, -0.05) is 13.8 Å². The van der Waals surface area contributed by atoms with Crippen molar-refractivity contribution in [1.82, 2.24) is 19.5 Å². The second-order valence-corrected chi connectivity index (χ2v) is 4.98. The van der Waals surface area contributed by atoms with Crippen molar-refractivity contribution in [2.24, 2.45) is 0 Å². The summed E-state index contributed by atoms with van der Waals surface area (Å²) in [6, 6.07) is 1.93. The van der Waals surface area contributed by atoms with Crippen molar-refractivity contribution in [3.8, 4) is 0 Å². The molecule has 2 N–H and O–H groups in total. The Morgan fingerprint density at radius 2 is 2.05 bits per heavy atom. The quantitative estimate of drug-likeness (QED) is 0.759. The van der Waals surface area contributed by atoms with Gasteiger partial charge in [-0.05, 0) is 6.42 Å². The molecule has 2 heterocycles. The molecular formula is C14H22N6. The fourth-order valence-corrected chi connectivity index (χ4v) is 1.84. The van der Waals surface area contributed by atoms with Crippen LogP contribution in [0.2, 0.25) is 0 Å². The summed E-state index contributed by atoms with van der Waals surface area (Å²) in [4.78, 5) is 13.0. The van der Waals surface area contributed by atoms with E-state index in [0.29, 0.717) is 5.92 Å². The van der Waals surface area contributed by atoms with Crippen LogP contribution in [0.15, 0.2) is 24.8 Å². The predicted octanol–water partition coefficient (Wildman–Crippen LogP) is 2.34. The van der Waals surface area contributed by atoms with Crippen LogP contribution in [0.1, 0.15) is 32.0 Å². The zero-order chi connectivity index (χ0) is 14.4. The lowest BCUT2D eigenvalue weighted by molar-refractivity contribution is 0.659. The Morgan fingerprint density at radius 1 is 1.25 bits per heavy atom. The normalized spacial score (nSPS) is 10.8. The van der Waals surface area contributed by atoms with Crippen molar-refractivity contribution in [3.05, 3.63) is 30.6 Å². The highest BCUT2D eigenvalue weighted by atomic mass is 15.1. The van der Waals surface area contributed by atoms with E-state index in [9.17, 15) is 0 Å². The maximum atomic E-state index is 4.53. The number of aryl methyl sites for hydroxylation is 1. The van der Waals surface area contributed by atoms with Crippen molar-refractivity contribution in [2.45, 2.75) is 32.7 Å². The molecule has 2 aromatic rings. The van der Waals surface area contributed by atoms with Crippen LogP contribution in [0.25, 0.3) is 0 Å². The highest BCUT2D eigenvalue weighted by Gasteiger charge is 2.07. The van der Waals surface area contributed by atoms with Crippen molar-refractivity contribution < 1.29 is 0 Å². The van der Waals surface area contributed by atoms with Crippen LogP contribution >= 0.6 is 0 Å². The average molecular weight is 274 g/mol. The number of hydrogen-bond donors (Lipinski definition) is 2. The third-order valence-electron chi connectivity index (χ3n) is 2.97. The Hall–Kier alpha value is -2.11. The maximum Gasteiger partial charge on any atom is 0.135 e. The molecule has 6 nitrogen and oxygen atoms in total. The molecule has 0 unspecified atom stereocenters. The molecule has 0 bridgehead atoms. The summed E-state index contributed by atoms with van der Waals surface area (Å²) in [5, 5.41) is 6.42. The molecule has 2 aromatic heterocycles. The minimum atomic E-state index is 0.315. The Kier molecular flexibility index (Phi) is 4.92. The molecule has 0 saturated heterocycles. The highest BCUT2D eigenvalue weighted by molar-refractivity contribution is 5.47. The molecule has 108 valence electrons. The van der Waals surface area contributed by atoms with E-state index in [2.05, 4.69) is 44.0 Å². The number of rotatable bonds is 7. The van der Waals surface area contributed by atoms with Crippen LogP contribution in [0.5, 0.6) is 0 Å². The van der Waals surface area contributed by atoms with E-state index in [0.717, 1.165) is 37.0 Å². The molecule has 0 aliphatic rings. The number of anilines is 2. The Morgan fingerprint density at radius 3 is 2.70 bits per heavy atom. The second-order valence-electron chi connectivity index (χ2n) is 4.98. The molecule has 2 rings (SSSR count). The van der Waals surface area contributed by atoms with E-state index < -0.39 is 0 Å². The van der Waals surface area contributed by atoms with E-state index in [1.165, 1.54) is 0 Å². The zero-order valence-electron chi connectivity index (χ0n) is 12.3. The summed E-state index contributed by atoms with van der Waals surface area (Å²) in [5.41, 5.74) is 0. The number of imidazole rings is 1. The van der Waals surface area contributed by atoms with Gasteiger partial charge in [0.1, 0.15) is 17.5 Å². The van der Waals surface area contributed by atoms with Gasteiger partial charge < -0.3 is 15.2 Å². The van der Waals surface area contributed by atoms with Crippen molar-refractivity contribution in [1.29, 1.82) is 0 Å². The lowest BCUT2D eigenvalue weighted by atomic mass is 10.2. The van der Waals surface area contributed by atoms with E-state index in [1.54, 1.807) is 6.20 Å². The van der Waals surface area contributed by atoms with E-state index in [4.69, 9.17) is 0 Å². The first kappa shape index (κ1) is 14.3. The SMILES string of the molecule is CNc1cc(NCCCn2ccnc2)nc(C(C)C)n1. The molecule has 0 fully saturated rings. The van der Waals surface area contributed by atoms with Gasteiger partial charge in [-0.2, -0.15) is 0 Å². The minimum absolute atomic E-state index is 0.315. The molecule has 0 radical (unpaired) electrons. The molecular weight excluding hydrogens is 252 g/mol. The fourth-order valence-electron chi connectivity index (χ4n) is 1.84. The first-order chi connectivity index (χ1) is 9.69. The number of hydrogen-bond acceptors (Lipinski definition) is 5. The Bertz CT molecular complexity index is 520. The molecule has 0 aromatic carbocycles. The summed E-state index contributed by atoms with van der Waals surface area (Å²) >= 11 is 0. The van der Waals surface area contributed by atoms with Crippen LogP contribution in [-0.4, -0.2) is 33.1 Å². The molecule has 0 saturated carbocycles. The lowest BCUT2D eigenvalue weighted by Crippen LogP contribution is -2.10. The molecule has 0 spiro atoms. The van der Waals surface area contributed by atoms with E-state index in [1.807, 2.05) is 25.6 Å². The number of nitrogens with zero attached hydrogens (tertiary/aromatic N) is 4. The highest BCUT2D eigenvalue weighted by Crippen LogP contribution is 2.16. The smallest absolute Gasteiger partial charge is 0.135 e. The predicted molar refractivity (Wildman–Crippen MR) is 81.0 cm³/mol. The van der Waals surface area contributed by atoms with Gasteiger partial charge in [0.05, 0.1) is 6.33 Å². The summed E-state index contributed by atoms with van der Waals surface area (Å²) in [6.07, 6.45) is 6.62. The fraction of sp³-hybridized carbons (Fsp3) is 0.500. The summed E-state index contributed by atoms with van der Waals surface area (Å²) < 4.78 is 2.07. The maximum absolute atomic E-state index is 4.53. The van der Waals surface area contributed by atoms with Crippen LogP contribution in [0.3, 0.4) is 0 Å². The van der Waals surface area contributed by atoms with Gasteiger partial charge >= 0.3 is 0 Å². The average Bonchev–Trinajstić information content (AvgIpc) is 2.96. The van der Waals surface area contributed by atoms with Crippen molar-refractivity contribution in [2.75, 3.05) is 24.2 Å². The lowest BCUT2D eigenvalue weighted by Gasteiger charge is -2.11. The van der Waals surface area contributed by atoms with Gasteiger partial charge in [0.15, 0.2) is 0 Å². The third kappa shape index (κ3) is 3.94. The van der Waals surface area contributed by atoms with Gasteiger partial charge in [-0.15, -0.1) is 0 Å². The summed E-state index contributed by atoms with van der Waals surface area (Å²) in [5.74, 6) is 2.89. The van der Waals surface area contributed by atoms with Crippen molar-refractivity contribution in [3.63, 3.8) is 0 Å². The van der Waals surface area contributed by atoms with Crippen LogP contribution in [0, 0.1) is 0 Å². The van der Waals surface area contributed by atoms with Gasteiger partial charge in [0.25, 0.3) is 0 Å². The molecule has 0 atom stereocenters. The first-order valence-electron chi connectivity index (χ1n) is 6.95. The topological polar surface area (TPSA) is 67.7 Å². The number of nitrogens with one attached hydrogen (secondary N) is 2. The van der Waals surface area contributed by atoms with Crippen LogP contribution < -0.4 is 10.6 Å². The number of aromatic nitrogens is 4. The van der Waals surface area contributed by atoms with Gasteiger partial charge in [0, 0.05) is 44.5 Å². The van der Waals surface area contributed by atoms with Crippen molar-refractivity contribution >= 4 is 11.6 Å². The summed E-state index contributed by atoms with van der Waals surface area (Å²) in [6.45, 7) is 6.01. The molecule has 0 amide bonds. The second kappa shape index (κ2) is 6.88. The van der Waals surface area contributed by atoms with Gasteiger partial charge in [-0.3, -0.25) is 0 Å². The minimum Gasteiger partial charge on any atom is -0.373 e. The zero-order valence-corrected chi connectivity index (χ0v) is 12.3. The van der Waals surface area contributed by atoms with Gasteiger partial charge in [-0.25, -0.2) is 15.0 Å². The van der Waals surface area contributed by atoms with Gasteiger partial charge in [0.2, 0.25) is 0 Å². The largest absolute Gasteiger partial charge is 0.373 e. The van der Waals surface area contributed by atoms with E-state index in [-0.39, 0.29) is 0 Å². The third-order valence-corrected chi connectivity index (χ3v) is 2.97. The monoisotopic (exact) mass is 274 g/mol. The standard InChI is InChI=1S/C14H22N6/c1-11(2)14-18-12(15-3)9-13(19-14)17-5-4-7-20-8-6-16-10-20/h6,8-11H,4-5,7H2,1-3H3,(H2,15,17,18,19). The van der Waals surface area contributed by atoms with Crippen LogP contribution in [0.4, 0.5) is 11.6 Å². The van der Waals surface area contributed by atoms with Crippen LogP contribution in [-0.2, 0) is 6.54 Å².